The minimum atomic E-state index is 0.544. The molecule has 19 heavy (non-hydrogen) atoms. The molecular formula is C15H22N2S2. The smallest absolute Gasteiger partial charge is 0.0954 e. The van der Waals surface area contributed by atoms with Crippen molar-refractivity contribution in [3.8, 4) is 0 Å². The second kappa shape index (κ2) is 7.88. The van der Waals surface area contributed by atoms with Gasteiger partial charge in [0.25, 0.3) is 0 Å². The number of nitrogens with zero attached hydrogens (tertiary/aromatic N) is 1. The summed E-state index contributed by atoms with van der Waals surface area (Å²) in [5.41, 5.74) is 1.14. The summed E-state index contributed by atoms with van der Waals surface area (Å²) < 4.78 is 1.30. The fourth-order valence-corrected chi connectivity index (χ4v) is 4.09. The number of likely N-dealkylation sites (N-methyl/N-ethyl adjacent to an activating group) is 1. The maximum Gasteiger partial charge on any atom is 0.0954 e. The first-order chi connectivity index (χ1) is 9.33. The number of thioether (sulfide) groups is 1. The second-order valence-corrected chi connectivity index (χ2v) is 6.87. The first-order valence-corrected chi connectivity index (χ1v) is 8.96. The minimum Gasteiger partial charge on any atom is -0.313 e. The van der Waals surface area contributed by atoms with Crippen LogP contribution in [0.1, 0.15) is 25.3 Å². The Labute approximate surface area is 124 Å². The van der Waals surface area contributed by atoms with Crippen molar-refractivity contribution in [2.24, 2.45) is 0 Å². The molecule has 0 bridgehead atoms. The lowest BCUT2D eigenvalue weighted by atomic mass is 10.2. The summed E-state index contributed by atoms with van der Waals surface area (Å²) in [6.45, 7) is 5.45. The number of aromatic nitrogens is 1. The van der Waals surface area contributed by atoms with Crippen LogP contribution < -0.4 is 5.32 Å². The van der Waals surface area contributed by atoms with Gasteiger partial charge in [0.05, 0.1) is 15.2 Å². The van der Waals surface area contributed by atoms with Crippen LogP contribution in [0.15, 0.2) is 24.3 Å². The quantitative estimate of drug-likeness (QED) is 0.746. The Bertz CT molecular complexity index is 463. The van der Waals surface area contributed by atoms with Crippen molar-refractivity contribution in [3.05, 3.63) is 29.3 Å². The number of rotatable bonds is 8. The summed E-state index contributed by atoms with van der Waals surface area (Å²) in [6, 6.07) is 8.95. The monoisotopic (exact) mass is 294 g/mol. The van der Waals surface area contributed by atoms with Crippen molar-refractivity contribution in [2.45, 2.75) is 32.7 Å². The summed E-state index contributed by atoms with van der Waals surface area (Å²) in [4.78, 5) is 4.73. The largest absolute Gasteiger partial charge is 0.313 e. The topological polar surface area (TPSA) is 24.9 Å². The summed E-state index contributed by atoms with van der Waals surface area (Å²) in [5.74, 6) is 2.43. The van der Waals surface area contributed by atoms with Gasteiger partial charge in [-0.1, -0.05) is 26.0 Å². The molecule has 2 rings (SSSR count). The fourth-order valence-electron chi connectivity index (χ4n) is 2.07. The molecule has 0 aliphatic carbocycles. The van der Waals surface area contributed by atoms with Crippen LogP contribution in [0.4, 0.5) is 0 Å². The van der Waals surface area contributed by atoms with E-state index in [2.05, 4.69) is 43.4 Å². The Morgan fingerprint density at radius 2 is 2.16 bits per heavy atom. The number of hydrogen-bond acceptors (Lipinski definition) is 4. The highest BCUT2D eigenvalue weighted by atomic mass is 32.2. The normalized spacial score (nSPS) is 12.9. The van der Waals surface area contributed by atoms with Gasteiger partial charge in [0.1, 0.15) is 0 Å². The van der Waals surface area contributed by atoms with Crippen molar-refractivity contribution in [1.29, 1.82) is 0 Å². The Kier molecular flexibility index (Phi) is 6.14. The number of para-hydroxylation sites is 1. The Morgan fingerprint density at radius 3 is 2.89 bits per heavy atom. The fraction of sp³-hybridized carbons (Fsp3) is 0.533. The van der Waals surface area contributed by atoms with E-state index in [9.17, 15) is 0 Å². The van der Waals surface area contributed by atoms with Crippen LogP contribution in [0.25, 0.3) is 10.2 Å². The van der Waals surface area contributed by atoms with Gasteiger partial charge in [-0.15, -0.1) is 11.3 Å². The molecule has 0 saturated carbocycles. The van der Waals surface area contributed by atoms with Gasteiger partial charge >= 0.3 is 0 Å². The van der Waals surface area contributed by atoms with E-state index >= 15 is 0 Å². The third-order valence-electron chi connectivity index (χ3n) is 2.92. The first kappa shape index (κ1) is 14.8. The molecule has 2 nitrogen and oxygen atoms in total. The van der Waals surface area contributed by atoms with Gasteiger partial charge in [-0.3, -0.25) is 0 Å². The average molecular weight is 294 g/mol. The lowest BCUT2D eigenvalue weighted by molar-refractivity contribution is 0.572. The lowest BCUT2D eigenvalue weighted by Crippen LogP contribution is -2.33. The van der Waals surface area contributed by atoms with Crippen molar-refractivity contribution < 1.29 is 0 Å². The highest BCUT2D eigenvalue weighted by Crippen LogP contribution is 2.23. The van der Waals surface area contributed by atoms with Gasteiger partial charge in [-0.05, 0) is 30.9 Å². The molecule has 0 spiro atoms. The van der Waals surface area contributed by atoms with E-state index in [0.717, 1.165) is 18.5 Å². The van der Waals surface area contributed by atoms with Crippen molar-refractivity contribution >= 4 is 33.3 Å². The maximum absolute atomic E-state index is 4.73. The number of benzene rings is 1. The van der Waals surface area contributed by atoms with E-state index in [1.807, 2.05) is 23.1 Å². The molecule has 0 aliphatic rings. The van der Waals surface area contributed by atoms with Crippen LogP contribution in [0.2, 0.25) is 0 Å². The third kappa shape index (κ3) is 4.48. The predicted molar refractivity (Wildman–Crippen MR) is 88.4 cm³/mol. The first-order valence-electron chi connectivity index (χ1n) is 6.99. The minimum absolute atomic E-state index is 0.544. The van der Waals surface area contributed by atoms with E-state index in [1.54, 1.807) is 0 Å². The van der Waals surface area contributed by atoms with E-state index in [1.165, 1.54) is 27.6 Å². The molecule has 0 fully saturated rings. The Balaban J connectivity index is 1.98. The van der Waals surface area contributed by atoms with Crippen LogP contribution >= 0.6 is 23.1 Å². The molecule has 1 atom stereocenters. The zero-order valence-electron chi connectivity index (χ0n) is 11.7. The van der Waals surface area contributed by atoms with Crippen LogP contribution in [0.3, 0.4) is 0 Å². The Hall–Kier alpha value is -0.580. The van der Waals surface area contributed by atoms with E-state index in [0.29, 0.717) is 6.04 Å². The predicted octanol–water partition coefficient (Wildman–Crippen LogP) is 3.96. The maximum atomic E-state index is 4.73. The summed E-state index contributed by atoms with van der Waals surface area (Å²) in [6.07, 6.45) is 2.30. The molecule has 1 heterocycles. The Morgan fingerprint density at radius 1 is 1.32 bits per heavy atom. The van der Waals surface area contributed by atoms with E-state index in [-0.39, 0.29) is 0 Å². The van der Waals surface area contributed by atoms with E-state index < -0.39 is 0 Å². The van der Waals surface area contributed by atoms with Crippen molar-refractivity contribution in [1.82, 2.24) is 10.3 Å². The van der Waals surface area contributed by atoms with Gasteiger partial charge < -0.3 is 5.32 Å². The van der Waals surface area contributed by atoms with Crippen LogP contribution in [0.5, 0.6) is 0 Å². The van der Waals surface area contributed by atoms with Crippen LogP contribution in [-0.2, 0) is 6.42 Å². The molecule has 0 aliphatic heterocycles. The molecule has 2 aromatic rings. The van der Waals surface area contributed by atoms with Crippen molar-refractivity contribution in [2.75, 3.05) is 18.1 Å². The van der Waals surface area contributed by atoms with Gasteiger partial charge in [0.2, 0.25) is 0 Å². The van der Waals surface area contributed by atoms with Crippen LogP contribution in [-0.4, -0.2) is 29.1 Å². The third-order valence-corrected chi connectivity index (χ3v) is 5.31. The molecule has 4 heteroatoms. The molecule has 104 valence electrons. The van der Waals surface area contributed by atoms with Crippen molar-refractivity contribution in [3.63, 3.8) is 0 Å². The van der Waals surface area contributed by atoms with Crippen LogP contribution in [0, 0.1) is 0 Å². The molecule has 1 aromatic carbocycles. The second-order valence-electron chi connectivity index (χ2n) is 4.61. The zero-order valence-corrected chi connectivity index (χ0v) is 13.3. The number of fused-ring (bicyclic) bond motifs is 1. The van der Waals surface area contributed by atoms with Gasteiger partial charge in [0.15, 0.2) is 0 Å². The average Bonchev–Trinajstić information content (AvgIpc) is 2.81. The standard InChI is InChI=1S/C15H22N2S2/c1-3-9-18-11-12(16-4-2)10-15-17-13-7-5-6-8-14(13)19-15/h5-8,12,16H,3-4,9-11H2,1-2H3. The molecule has 0 radical (unpaired) electrons. The highest BCUT2D eigenvalue weighted by molar-refractivity contribution is 7.99. The zero-order chi connectivity index (χ0) is 13.5. The molecule has 0 saturated heterocycles. The summed E-state index contributed by atoms with van der Waals surface area (Å²) in [7, 11) is 0. The number of thiazole rings is 1. The number of hydrogen-bond donors (Lipinski definition) is 1. The molecular weight excluding hydrogens is 272 g/mol. The molecule has 1 aromatic heterocycles. The van der Waals surface area contributed by atoms with Gasteiger partial charge in [-0.25, -0.2) is 4.98 Å². The van der Waals surface area contributed by atoms with Gasteiger partial charge in [0, 0.05) is 18.2 Å². The lowest BCUT2D eigenvalue weighted by Gasteiger charge is -2.15. The van der Waals surface area contributed by atoms with E-state index in [4.69, 9.17) is 4.98 Å². The molecule has 0 amide bonds. The highest BCUT2D eigenvalue weighted by Gasteiger charge is 2.11. The summed E-state index contributed by atoms with van der Waals surface area (Å²) in [5, 5.41) is 4.83. The summed E-state index contributed by atoms with van der Waals surface area (Å²) >= 11 is 3.87. The SMILES string of the molecule is CCCSCC(Cc1nc2ccccc2s1)NCC. The molecule has 1 N–H and O–H groups in total. The van der Waals surface area contributed by atoms with Gasteiger partial charge in [-0.2, -0.15) is 11.8 Å². The molecule has 1 unspecified atom stereocenters. The number of nitrogens with one attached hydrogen (secondary N) is 1.